The zero-order chi connectivity index (χ0) is 14.1. The highest BCUT2D eigenvalue weighted by atomic mass is 14.3. The number of rotatable bonds is 5. The molecule has 0 aromatic heterocycles. The summed E-state index contributed by atoms with van der Waals surface area (Å²) in [6, 6.07) is 0. The molecule has 1 aliphatic carbocycles. The molecule has 105 valence electrons. The van der Waals surface area contributed by atoms with Crippen molar-refractivity contribution >= 4 is 0 Å². The van der Waals surface area contributed by atoms with E-state index in [-0.39, 0.29) is 0 Å². The molecule has 0 N–H and O–H groups in total. The van der Waals surface area contributed by atoms with Gasteiger partial charge in [0, 0.05) is 12.3 Å². The summed E-state index contributed by atoms with van der Waals surface area (Å²) in [6.07, 6.45) is 9.93. The average Bonchev–Trinajstić information content (AvgIpc) is 2.39. The first-order chi connectivity index (χ1) is 8.61. The van der Waals surface area contributed by atoms with Crippen molar-refractivity contribution in [2.24, 2.45) is 11.8 Å². The second-order valence-corrected chi connectivity index (χ2v) is 5.22. The van der Waals surface area contributed by atoms with Gasteiger partial charge in [-0.05, 0) is 32.6 Å². The standard InChI is InChI=1S/C16H27.C2H6/c1-6-8-9-12(3)16-11-10-13(4)15(7-2)14(16)5;1-2/h10-12,15H,6-9H2,1-5H3;1-2H3. The van der Waals surface area contributed by atoms with Gasteiger partial charge in [0.15, 0.2) is 0 Å². The number of hydrogen-bond donors (Lipinski definition) is 0. The number of allylic oxidation sites excluding steroid dienone is 4. The van der Waals surface area contributed by atoms with Gasteiger partial charge in [0.2, 0.25) is 0 Å². The molecule has 0 bridgehead atoms. The van der Waals surface area contributed by atoms with E-state index < -0.39 is 0 Å². The van der Waals surface area contributed by atoms with Crippen molar-refractivity contribution in [1.82, 2.24) is 0 Å². The largest absolute Gasteiger partial charge is 0.0769 e. The molecule has 2 unspecified atom stereocenters. The summed E-state index contributed by atoms with van der Waals surface area (Å²) >= 11 is 0. The molecule has 2 atom stereocenters. The second-order valence-electron chi connectivity index (χ2n) is 5.22. The Morgan fingerprint density at radius 1 is 1.17 bits per heavy atom. The predicted octanol–water partition coefficient (Wildman–Crippen LogP) is 6.35. The lowest BCUT2D eigenvalue weighted by Crippen LogP contribution is -2.14. The van der Waals surface area contributed by atoms with Crippen molar-refractivity contribution in [3.63, 3.8) is 0 Å². The zero-order valence-corrected chi connectivity index (χ0v) is 13.6. The highest BCUT2D eigenvalue weighted by molar-refractivity contribution is 5.39. The van der Waals surface area contributed by atoms with Gasteiger partial charge in [0.1, 0.15) is 0 Å². The molecule has 0 saturated heterocycles. The van der Waals surface area contributed by atoms with Gasteiger partial charge in [0.25, 0.3) is 0 Å². The maximum Gasteiger partial charge on any atom is 0.00856 e. The Balaban J connectivity index is 0.00000137. The van der Waals surface area contributed by atoms with E-state index in [9.17, 15) is 0 Å². The molecule has 0 saturated carbocycles. The maximum atomic E-state index is 2.38. The first-order valence-corrected chi connectivity index (χ1v) is 7.83. The molecule has 0 heteroatoms. The molecule has 0 amide bonds. The summed E-state index contributed by atoms with van der Waals surface area (Å²) < 4.78 is 0. The summed E-state index contributed by atoms with van der Waals surface area (Å²) in [5.74, 6) is 1.43. The summed E-state index contributed by atoms with van der Waals surface area (Å²) in [7, 11) is 0. The number of unbranched alkanes of at least 4 members (excludes halogenated alkanes) is 1. The Kier molecular flexibility index (Phi) is 9.14. The molecule has 18 heavy (non-hydrogen) atoms. The summed E-state index contributed by atoms with van der Waals surface area (Å²) in [5.41, 5.74) is 4.75. The van der Waals surface area contributed by atoms with Crippen LogP contribution in [0, 0.1) is 18.3 Å². The maximum absolute atomic E-state index is 2.38. The Hall–Kier alpha value is -0.520. The fraction of sp³-hybridized carbons (Fsp3) is 0.722. The molecular formula is C18H33. The highest BCUT2D eigenvalue weighted by Gasteiger charge is 2.21. The fourth-order valence-corrected chi connectivity index (χ4v) is 2.86. The first-order valence-electron chi connectivity index (χ1n) is 7.83. The zero-order valence-electron chi connectivity index (χ0n) is 13.6. The van der Waals surface area contributed by atoms with E-state index in [2.05, 4.69) is 47.1 Å². The fourth-order valence-electron chi connectivity index (χ4n) is 2.86. The summed E-state index contributed by atoms with van der Waals surface area (Å²) in [6.45, 7) is 15.6. The van der Waals surface area contributed by atoms with Crippen LogP contribution in [0.4, 0.5) is 0 Å². The van der Waals surface area contributed by atoms with Crippen LogP contribution in [-0.4, -0.2) is 0 Å². The minimum Gasteiger partial charge on any atom is -0.0769 e. The highest BCUT2D eigenvalue weighted by Crippen LogP contribution is 2.36. The lowest BCUT2D eigenvalue weighted by Gasteiger charge is -2.28. The lowest BCUT2D eigenvalue weighted by atomic mass is 9.77. The number of hydrogen-bond acceptors (Lipinski definition) is 0. The molecule has 1 rings (SSSR count). The molecule has 0 aromatic carbocycles. The first kappa shape index (κ1) is 17.5. The molecule has 0 heterocycles. The van der Waals surface area contributed by atoms with Crippen LogP contribution in [0.1, 0.15) is 74.1 Å². The molecule has 1 aliphatic rings. The molecule has 0 aromatic rings. The monoisotopic (exact) mass is 249 g/mol. The summed E-state index contributed by atoms with van der Waals surface area (Å²) in [5, 5.41) is 0. The Labute approximate surface area is 116 Å². The van der Waals surface area contributed by atoms with Gasteiger partial charge in [0.05, 0.1) is 0 Å². The Morgan fingerprint density at radius 3 is 2.28 bits per heavy atom. The third kappa shape index (κ3) is 4.63. The Morgan fingerprint density at radius 2 is 1.78 bits per heavy atom. The van der Waals surface area contributed by atoms with Crippen molar-refractivity contribution in [2.75, 3.05) is 0 Å². The van der Waals surface area contributed by atoms with Gasteiger partial charge < -0.3 is 0 Å². The molecule has 1 radical (unpaired) electrons. The van der Waals surface area contributed by atoms with Gasteiger partial charge in [-0.2, -0.15) is 0 Å². The van der Waals surface area contributed by atoms with Crippen LogP contribution in [0.25, 0.3) is 0 Å². The lowest BCUT2D eigenvalue weighted by molar-refractivity contribution is 0.553. The van der Waals surface area contributed by atoms with E-state index in [1.807, 2.05) is 13.8 Å². The van der Waals surface area contributed by atoms with E-state index in [1.165, 1.54) is 31.3 Å². The van der Waals surface area contributed by atoms with Crippen molar-refractivity contribution < 1.29 is 0 Å². The minimum absolute atomic E-state index is 0.698. The average molecular weight is 249 g/mol. The van der Waals surface area contributed by atoms with Gasteiger partial charge in [-0.1, -0.05) is 70.3 Å². The molecule has 0 fully saturated rings. The van der Waals surface area contributed by atoms with Gasteiger partial charge in [-0.25, -0.2) is 0 Å². The SMILES string of the molecule is CC.CCCCC(C)C1=C(C)C(CC)C(C)=C[CH]1. The van der Waals surface area contributed by atoms with E-state index in [0.29, 0.717) is 5.92 Å². The third-order valence-electron chi connectivity index (χ3n) is 3.98. The normalized spacial score (nSPS) is 21.1. The van der Waals surface area contributed by atoms with E-state index >= 15 is 0 Å². The van der Waals surface area contributed by atoms with Crippen molar-refractivity contribution in [3.8, 4) is 0 Å². The van der Waals surface area contributed by atoms with E-state index in [1.54, 1.807) is 11.1 Å². The smallest absolute Gasteiger partial charge is 0.00856 e. The van der Waals surface area contributed by atoms with Crippen molar-refractivity contribution in [3.05, 3.63) is 29.2 Å². The van der Waals surface area contributed by atoms with Crippen LogP contribution in [0.2, 0.25) is 0 Å². The van der Waals surface area contributed by atoms with Crippen LogP contribution >= 0.6 is 0 Å². The van der Waals surface area contributed by atoms with Crippen LogP contribution in [0.3, 0.4) is 0 Å². The third-order valence-corrected chi connectivity index (χ3v) is 3.98. The van der Waals surface area contributed by atoms with Crippen molar-refractivity contribution in [2.45, 2.75) is 74.1 Å². The molecule has 0 spiro atoms. The van der Waals surface area contributed by atoms with Crippen LogP contribution in [0.15, 0.2) is 22.8 Å². The molecular weight excluding hydrogens is 216 g/mol. The van der Waals surface area contributed by atoms with Crippen LogP contribution < -0.4 is 0 Å². The van der Waals surface area contributed by atoms with Gasteiger partial charge in [-0.3, -0.25) is 0 Å². The van der Waals surface area contributed by atoms with Crippen molar-refractivity contribution in [1.29, 1.82) is 0 Å². The van der Waals surface area contributed by atoms with E-state index in [0.717, 1.165) is 5.92 Å². The molecule has 0 nitrogen and oxygen atoms in total. The van der Waals surface area contributed by atoms with Crippen LogP contribution in [0.5, 0.6) is 0 Å². The van der Waals surface area contributed by atoms with Gasteiger partial charge in [-0.15, -0.1) is 0 Å². The quantitative estimate of drug-likeness (QED) is 0.533. The van der Waals surface area contributed by atoms with Crippen LogP contribution in [-0.2, 0) is 0 Å². The summed E-state index contributed by atoms with van der Waals surface area (Å²) in [4.78, 5) is 0. The van der Waals surface area contributed by atoms with Gasteiger partial charge >= 0.3 is 0 Å². The topological polar surface area (TPSA) is 0 Å². The van der Waals surface area contributed by atoms with E-state index in [4.69, 9.17) is 0 Å². The second kappa shape index (κ2) is 9.42. The molecule has 0 aliphatic heterocycles. The Bertz CT molecular complexity index is 280. The minimum atomic E-state index is 0.698. The predicted molar refractivity (Wildman–Crippen MR) is 84.6 cm³/mol.